The Morgan fingerprint density at radius 3 is 1.49 bits per heavy atom. The fraction of sp³-hybridized carbons (Fsp3) is 0.0217. The summed E-state index contributed by atoms with van der Waals surface area (Å²) in [5.74, 6) is -0.200. The van der Waals surface area contributed by atoms with Crippen molar-refractivity contribution in [1.29, 1.82) is 10.5 Å². The smallest absolute Gasteiger partial charge is 0.296 e. The van der Waals surface area contributed by atoms with Gasteiger partial charge in [0.05, 0.1) is 36.5 Å². The quantitative estimate of drug-likeness (QED) is 0.0349. The van der Waals surface area contributed by atoms with E-state index in [0.717, 1.165) is 47.7 Å². The summed E-state index contributed by atoms with van der Waals surface area (Å²) >= 11 is 7.03. The van der Waals surface area contributed by atoms with Gasteiger partial charge in [-0.2, -0.15) is 52.6 Å². The molecule has 8 rings (SSSR count). The number of nitriles is 2. The summed E-state index contributed by atoms with van der Waals surface area (Å²) in [5.41, 5.74) is -0.176. The molecule has 0 bridgehead atoms. The molecule has 0 unspecified atom stereocenters. The Hall–Kier alpha value is -8.35. The first kappa shape index (κ1) is 56.8. The average Bonchev–Trinajstić information content (AvgIpc) is 3.75. The van der Waals surface area contributed by atoms with Crippen LogP contribution in [-0.2, 0) is 50.6 Å². The molecule has 33 heteroatoms. The van der Waals surface area contributed by atoms with E-state index in [2.05, 4.69) is 52.4 Å². The largest absolute Gasteiger partial charge is 0.339 e. The Labute approximate surface area is 456 Å². The molecular weight excluding hydrogens is 1170 g/mol. The minimum absolute atomic E-state index is 0.00545. The van der Waals surface area contributed by atoms with Crippen molar-refractivity contribution in [3.05, 3.63) is 143 Å². The molecule has 0 fully saturated rings. The molecule has 0 aliphatic carbocycles. The van der Waals surface area contributed by atoms with Gasteiger partial charge in [-0.05, 0) is 116 Å². The monoisotopic (exact) mass is 1200 g/mol. The van der Waals surface area contributed by atoms with Gasteiger partial charge in [0.1, 0.15) is 39.0 Å². The van der Waals surface area contributed by atoms with E-state index < -0.39 is 80.8 Å². The minimum Gasteiger partial charge on any atom is -0.339 e. The van der Waals surface area contributed by atoms with Crippen molar-refractivity contribution in [2.75, 3.05) is 10.6 Å². The summed E-state index contributed by atoms with van der Waals surface area (Å²) in [4.78, 5) is 1.33. The van der Waals surface area contributed by atoms with E-state index in [0.29, 0.717) is 28.8 Å². The lowest BCUT2D eigenvalue weighted by molar-refractivity contribution is 0.478. The van der Waals surface area contributed by atoms with Crippen molar-refractivity contribution < 1.29 is 64.9 Å². The predicted molar refractivity (Wildman–Crippen MR) is 285 cm³/mol. The Balaban J connectivity index is 1.26. The second-order valence-electron chi connectivity index (χ2n) is 16.1. The molecule has 79 heavy (non-hydrogen) atoms. The van der Waals surface area contributed by atoms with Crippen LogP contribution in [0.15, 0.2) is 176 Å². The van der Waals surface area contributed by atoms with Crippen LogP contribution in [0.5, 0.6) is 0 Å². The molecule has 0 aliphatic rings. The number of rotatable bonds is 16. The third-order valence-corrected chi connectivity index (χ3v) is 16.5. The number of nitrogens with zero attached hydrogens (tertiary/aromatic N) is 9. The van der Waals surface area contributed by atoms with Crippen LogP contribution < -0.4 is 10.6 Å². The van der Waals surface area contributed by atoms with E-state index in [9.17, 15) is 75.4 Å². The van der Waals surface area contributed by atoms with Crippen molar-refractivity contribution in [3.8, 4) is 23.3 Å². The lowest BCUT2D eigenvalue weighted by Gasteiger charge is -2.16. The highest BCUT2D eigenvalue weighted by Gasteiger charge is 2.25. The van der Waals surface area contributed by atoms with Gasteiger partial charge in [0.2, 0.25) is 0 Å². The van der Waals surface area contributed by atoms with Crippen molar-refractivity contribution in [3.63, 3.8) is 0 Å². The first-order valence-electron chi connectivity index (χ1n) is 21.4. The number of anilines is 4. The molecule has 0 amide bonds. The molecule has 402 valence electrons. The Morgan fingerprint density at radius 2 is 0.962 bits per heavy atom. The molecular formula is C46H30ClN11O15S6. The van der Waals surface area contributed by atoms with E-state index in [1.807, 2.05) is 6.07 Å². The molecule has 6 aromatic carbocycles. The van der Waals surface area contributed by atoms with E-state index in [-0.39, 0.29) is 83.1 Å². The Bertz CT molecular complexity index is 4610. The highest BCUT2D eigenvalue weighted by molar-refractivity contribution is 7.87. The lowest BCUT2D eigenvalue weighted by Crippen LogP contribution is -2.05. The topological polar surface area (TPSA) is 431 Å². The molecule has 0 atom stereocenters. The minimum atomic E-state index is -5.06. The molecule has 0 aliphatic heterocycles. The van der Waals surface area contributed by atoms with Crippen molar-refractivity contribution in [2.45, 2.75) is 31.4 Å². The number of aromatic nitrogens is 1. The molecule has 8 aromatic rings. The van der Waals surface area contributed by atoms with Crippen LogP contribution in [0.2, 0.25) is 5.02 Å². The molecule has 0 radical (unpaired) electrons. The van der Waals surface area contributed by atoms with Gasteiger partial charge in [-0.1, -0.05) is 41.1 Å². The number of halogens is 1. The van der Waals surface area contributed by atoms with Crippen molar-refractivity contribution in [1.82, 2.24) is 4.98 Å². The fourth-order valence-corrected chi connectivity index (χ4v) is 10.9. The molecule has 0 spiro atoms. The van der Waals surface area contributed by atoms with Crippen LogP contribution >= 0.6 is 22.9 Å². The van der Waals surface area contributed by atoms with Crippen LogP contribution in [-0.4, -0.2) is 69.8 Å². The zero-order valence-electron chi connectivity index (χ0n) is 39.2. The van der Waals surface area contributed by atoms with Crippen LogP contribution in [0.4, 0.5) is 55.8 Å². The van der Waals surface area contributed by atoms with Gasteiger partial charge in [0, 0.05) is 38.3 Å². The summed E-state index contributed by atoms with van der Waals surface area (Å²) in [6.45, 7) is 1.49. The SMILES string of the molecule is Cc1c(C#N)c(Nc2ccc(S(=O)(=O)O)cc2)nc(Nc2ccc(S(=O)(=O)O)cc2)c1/N=N/c1sc(/N=N/c2ccc(/N=N/c3cc(S(=O)(=O)O)ccc3S(=O)(=O)O)c3cc(S(=O)(=O)O)ccc23)c(-c2ccc(Cl)cc2)c1C#N. The number of fused-ring (bicyclic) bond motifs is 1. The van der Waals surface area contributed by atoms with Crippen molar-refractivity contribution in [2.24, 2.45) is 30.7 Å². The molecule has 0 saturated heterocycles. The zero-order valence-corrected chi connectivity index (χ0v) is 44.9. The van der Waals surface area contributed by atoms with Crippen LogP contribution in [0.3, 0.4) is 0 Å². The number of pyridine rings is 1. The van der Waals surface area contributed by atoms with Crippen molar-refractivity contribution >= 4 is 140 Å². The highest BCUT2D eigenvalue weighted by Crippen LogP contribution is 2.49. The maximum Gasteiger partial charge on any atom is 0.296 e. The maximum atomic E-state index is 12.3. The third-order valence-electron chi connectivity index (χ3n) is 11.0. The highest BCUT2D eigenvalue weighted by atomic mass is 35.5. The standard InChI is InChI=1S/C46H30ClN11O15S6/c1-24-35(22-48)43(50-27-6-10-29(11-7-27)75(59,60)61)52-44(51-28-8-12-30(13-9-28)76(62,63)64)42(24)56-57-45-36(23-49)41(25-2-4-26(47)5-3-25)46(74-45)58-54-37-17-18-38(34-20-31(77(65,66)67)14-16-33(34)37)53-55-39-21-32(78(68,69)70)15-19-40(39)79(71,72)73/h2-21H,1H3,(H2,50,51,52)(H,59,60,61)(H,62,63,64)(H,65,66,67)(H,68,69,70)(H,71,72,73)/b55-53+,57-56+,58-54+. The molecule has 2 heterocycles. The average molecular weight is 1200 g/mol. The van der Waals surface area contributed by atoms with Crippen LogP contribution in [0.25, 0.3) is 21.9 Å². The van der Waals surface area contributed by atoms with Gasteiger partial charge in [-0.25, -0.2) is 4.98 Å². The number of thiophene rings is 1. The van der Waals surface area contributed by atoms with Gasteiger partial charge in [-0.15, -0.1) is 30.7 Å². The van der Waals surface area contributed by atoms with E-state index >= 15 is 0 Å². The number of hydrogen-bond donors (Lipinski definition) is 7. The van der Waals surface area contributed by atoms with Gasteiger partial charge in [-0.3, -0.25) is 22.8 Å². The number of benzene rings is 6. The molecule has 26 nitrogen and oxygen atoms in total. The van der Waals surface area contributed by atoms with Gasteiger partial charge in [0.25, 0.3) is 50.6 Å². The van der Waals surface area contributed by atoms with Gasteiger partial charge in [0.15, 0.2) is 16.6 Å². The van der Waals surface area contributed by atoms with E-state index in [1.54, 1.807) is 12.1 Å². The van der Waals surface area contributed by atoms with Gasteiger partial charge >= 0.3 is 0 Å². The summed E-state index contributed by atoms with van der Waals surface area (Å²) in [5, 5.41) is 52.8. The van der Waals surface area contributed by atoms with Crippen LogP contribution in [0.1, 0.15) is 16.7 Å². The summed E-state index contributed by atoms with van der Waals surface area (Å²) in [6, 6.07) is 27.5. The first-order valence-corrected chi connectivity index (χ1v) is 29.8. The lowest BCUT2D eigenvalue weighted by atomic mass is 10.0. The molecule has 0 saturated carbocycles. The van der Waals surface area contributed by atoms with E-state index in [4.69, 9.17) is 11.6 Å². The zero-order chi connectivity index (χ0) is 57.4. The summed E-state index contributed by atoms with van der Waals surface area (Å²) in [6.07, 6.45) is 0. The summed E-state index contributed by atoms with van der Waals surface area (Å²) in [7, 11) is -24.0. The number of nitrogens with one attached hydrogen (secondary N) is 2. The molecule has 7 N–H and O–H groups in total. The van der Waals surface area contributed by atoms with Crippen LogP contribution in [0, 0.1) is 29.6 Å². The first-order chi connectivity index (χ1) is 37.0. The molecule has 2 aromatic heterocycles. The Morgan fingerprint density at radius 1 is 0.494 bits per heavy atom. The third kappa shape index (κ3) is 12.8. The number of hydrogen-bond acceptors (Lipinski definition) is 22. The summed E-state index contributed by atoms with van der Waals surface area (Å²) < 4.78 is 168. The van der Waals surface area contributed by atoms with Gasteiger partial charge < -0.3 is 10.6 Å². The fourth-order valence-electron chi connectivity index (χ4n) is 7.25. The second-order valence-corrected chi connectivity index (χ2v) is 24.6. The second kappa shape index (κ2) is 21.8. The maximum absolute atomic E-state index is 12.3. The predicted octanol–water partition coefficient (Wildman–Crippen LogP) is 11.6. The Kier molecular flexibility index (Phi) is 15.7. The normalized spacial score (nSPS) is 12.6. The number of azo groups is 3. The van der Waals surface area contributed by atoms with E-state index in [1.165, 1.54) is 61.5 Å².